The lowest BCUT2D eigenvalue weighted by Gasteiger charge is -2.32. The normalized spacial score (nSPS) is 25.1. The minimum atomic E-state index is -2.26. The highest BCUT2D eigenvalue weighted by Gasteiger charge is 2.35. The summed E-state index contributed by atoms with van der Waals surface area (Å²) in [6.45, 7) is 5.89. The molecule has 0 aromatic rings. The van der Waals surface area contributed by atoms with Crippen LogP contribution in [0.1, 0.15) is 19.8 Å². The van der Waals surface area contributed by atoms with Gasteiger partial charge in [0.25, 0.3) is 6.43 Å². The summed E-state index contributed by atoms with van der Waals surface area (Å²) in [5, 5.41) is 3.38. The predicted octanol–water partition coefficient (Wildman–Crippen LogP) is 1.59. The van der Waals surface area contributed by atoms with E-state index >= 15 is 0 Å². The number of rotatable bonds is 8. The van der Waals surface area contributed by atoms with E-state index in [1.165, 1.54) is 0 Å². The number of hydrogen-bond donors (Lipinski definition) is 1. The Morgan fingerprint density at radius 1 is 1.47 bits per heavy atom. The molecule has 102 valence electrons. The van der Waals surface area contributed by atoms with Crippen molar-refractivity contribution in [3.05, 3.63) is 0 Å². The molecule has 1 unspecified atom stereocenters. The lowest BCUT2D eigenvalue weighted by Crippen LogP contribution is -2.44. The van der Waals surface area contributed by atoms with Crippen LogP contribution in [0, 0.1) is 5.41 Å². The molecule has 1 heterocycles. The van der Waals surface area contributed by atoms with E-state index in [0.29, 0.717) is 13.2 Å². The van der Waals surface area contributed by atoms with E-state index in [1.54, 1.807) is 11.9 Å². The molecular formula is C12H24F2N2O. The topological polar surface area (TPSA) is 24.5 Å². The maximum Gasteiger partial charge on any atom is 0.251 e. The minimum absolute atomic E-state index is 0.0127. The summed E-state index contributed by atoms with van der Waals surface area (Å²) >= 11 is 0. The molecule has 0 aliphatic carbocycles. The molecule has 3 nitrogen and oxygen atoms in total. The van der Waals surface area contributed by atoms with Gasteiger partial charge in [-0.1, -0.05) is 6.92 Å². The molecule has 0 bridgehead atoms. The zero-order valence-corrected chi connectivity index (χ0v) is 10.8. The number of nitrogens with one attached hydrogen (secondary N) is 1. The van der Waals surface area contributed by atoms with E-state index in [4.69, 9.17) is 4.74 Å². The van der Waals surface area contributed by atoms with Gasteiger partial charge < -0.3 is 15.0 Å². The largest absolute Gasteiger partial charge is 0.381 e. The Balaban J connectivity index is 2.41. The smallest absolute Gasteiger partial charge is 0.251 e. The monoisotopic (exact) mass is 250 g/mol. The van der Waals surface area contributed by atoms with Crippen LogP contribution in [0.15, 0.2) is 0 Å². The molecule has 0 aromatic heterocycles. The molecular weight excluding hydrogens is 226 g/mol. The SMILES string of the molecule is CCCNCC1(CN(C)CC(F)F)CCOC1. The summed E-state index contributed by atoms with van der Waals surface area (Å²) in [5.41, 5.74) is 0.0127. The van der Waals surface area contributed by atoms with Gasteiger partial charge in [-0.2, -0.15) is 0 Å². The van der Waals surface area contributed by atoms with Crippen LogP contribution < -0.4 is 5.32 Å². The third-order valence-corrected chi connectivity index (χ3v) is 3.17. The number of ether oxygens (including phenoxy) is 1. The average Bonchev–Trinajstić information content (AvgIpc) is 2.65. The fraction of sp³-hybridized carbons (Fsp3) is 1.00. The van der Waals surface area contributed by atoms with Gasteiger partial charge in [0.1, 0.15) is 0 Å². The molecule has 1 saturated heterocycles. The fourth-order valence-electron chi connectivity index (χ4n) is 2.37. The van der Waals surface area contributed by atoms with Gasteiger partial charge in [-0.25, -0.2) is 8.78 Å². The summed E-state index contributed by atoms with van der Waals surface area (Å²) < 4.78 is 30.0. The van der Waals surface area contributed by atoms with E-state index in [9.17, 15) is 8.78 Å². The summed E-state index contributed by atoms with van der Waals surface area (Å²) in [4.78, 5) is 1.72. The molecule has 0 radical (unpaired) electrons. The number of hydrogen-bond acceptors (Lipinski definition) is 3. The van der Waals surface area contributed by atoms with Crippen LogP contribution in [-0.4, -0.2) is 57.8 Å². The molecule has 1 fully saturated rings. The number of halogens is 2. The summed E-state index contributed by atoms with van der Waals surface area (Å²) in [5.74, 6) is 0. The second-order valence-electron chi connectivity index (χ2n) is 5.07. The Morgan fingerprint density at radius 3 is 2.76 bits per heavy atom. The maximum atomic E-state index is 12.3. The molecule has 1 aliphatic heterocycles. The minimum Gasteiger partial charge on any atom is -0.381 e. The number of nitrogens with zero attached hydrogens (tertiary/aromatic N) is 1. The summed E-state index contributed by atoms with van der Waals surface area (Å²) in [6.07, 6.45) is -0.218. The van der Waals surface area contributed by atoms with Crippen molar-refractivity contribution in [2.75, 3.05) is 46.4 Å². The van der Waals surface area contributed by atoms with Crippen LogP contribution in [-0.2, 0) is 4.74 Å². The second-order valence-corrected chi connectivity index (χ2v) is 5.07. The quantitative estimate of drug-likeness (QED) is 0.662. The van der Waals surface area contributed by atoms with Gasteiger partial charge in [0.05, 0.1) is 13.2 Å². The molecule has 0 aromatic carbocycles. The maximum absolute atomic E-state index is 12.3. The van der Waals surface area contributed by atoms with Crippen LogP contribution in [0.3, 0.4) is 0 Å². The highest BCUT2D eigenvalue weighted by molar-refractivity contribution is 4.88. The molecule has 1 atom stereocenters. The van der Waals surface area contributed by atoms with Crippen molar-refractivity contribution in [1.82, 2.24) is 10.2 Å². The molecule has 0 spiro atoms. The first-order valence-electron chi connectivity index (χ1n) is 6.33. The van der Waals surface area contributed by atoms with Crippen LogP contribution in [0.25, 0.3) is 0 Å². The van der Waals surface area contributed by atoms with Crippen LogP contribution in [0.2, 0.25) is 0 Å². The van der Waals surface area contributed by atoms with Crippen LogP contribution in [0.4, 0.5) is 8.78 Å². The van der Waals surface area contributed by atoms with Gasteiger partial charge in [0.2, 0.25) is 0 Å². The highest BCUT2D eigenvalue weighted by Crippen LogP contribution is 2.28. The number of alkyl halides is 2. The molecule has 1 aliphatic rings. The molecule has 0 saturated carbocycles. The third kappa shape index (κ3) is 5.27. The van der Waals surface area contributed by atoms with Gasteiger partial charge in [-0.15, -0.1) is 0 Å². The van der Waals surface area contributed by atoms with Crippen LogP contribution in [0.5, 0.6) is 0 Å². The lowest BCUT2D eigenvalue weighted by molar-refractivity contribution is 0.0668. The first-order valence-corrected chi connectivity index (χ1v) is 6.33. The van der Waals surface area contributed by atoms with Gasteiger partial charge in [-0.3, -0.25) is 0 Å². The van der Waals surface area contributed by atoms with E-state index in [1.807, 2.05) is 0 Å². The second kappa shape index (κ2) is 7.24. The fourth-order valence-corrected chi connectivity index (χ4v) is 2.37. The van der Waals surface area contributed by atoms with Crippen LogP contribution >= 0.6 is 0 Å². The lowest BCUT2D eigenvalue weighted by atomic mass is 9.86. The zero-order chi connectivity index (χ0) is 12.7. The van der Waals surface area contributed by atoms with E-state index < -0.39 is 6.43 Å². The Kier molecular flexibility index (Phi) is 6.30. The Labute approximate surface area is 103 Å². The average molecular weight is 250 g/mol. The highest BCUT2D eigenvalue weighted by atomic mass is 19.3. The van der Waals surface area contributed by atoms with Gasteiger partial charge in [-0.05, 0) is 26.4 Å². The molecule has 0 amide bonds. The third-order valence-electron chi connectivity index (χ3n) is 3.17. The zero-order valence-electron chi connectivity index (χ0n) is 10.8. The van der Waals surface area contributed by atoms with Gasteiger partial charge >= 0.3 is 0 Å². The Bertz CT molecular complexity index is 209. The van der Waals surface area contributed by atoms with Crippen molar-refractivity contribution in [1.29, 1.82) is 0 Å². The van der Waals surface area contributed by atoms with E-state index in [0.717, 1.165) is 32.5 Å². The molecule has 1 N–H and O–H groups in total. The standard InChI is InChI=1S/C12H24F2N2O/c1-3-5-15-8-12(4-6-17-10-12)9-16(2)7-11(13)14/h11,15H,3-10H2,1-2H3. The first-order chi connectivity index (χ1) is 8.08. The van der Waals surface area contributed by atoms with Crippen molar-refractivity contribution >= 4 is 0 Å². The molecule has 5 heteroatoms. The van der Waals surface area contributed by atoms with E-state index in [-0.39, 0.29) is 12.0 Å². The first kappa shape index (κ1) is 14.8. The Hall–Kier alpha value is -0.260. The van der Waals surface area contributed by atoms with Crippen molar-refractivity contribution in [3.63, 3.8) is 0 Å². The summed E-state index contributed by atoms with van der Waals surface area (Å²) in [6, 6.07) is 0. The van der Waals surface area contributed by atoms with Crippen molar-refractivity contribution in [3.8, 4) is 0 Å². The summed E-state index contributed by atoms with van der Waals surface area (Å²) in [7, 11) is 1.76. The van der Waals surface area contributed by atoms with Crippen molar-refractivity contribution in [2.24, 2.45) is 5.41 Å². The Morgan fingerprint density at radius 2 is 2.24 bits per heavy atom. The van der Waals surface area contributed by atoms with Crippen molar-refractivity contribution < 1.29 is 13.5 Å². The van der Waals surface area contributed by atoms with Gasteiger partial charge in [0.15, 0.2) is 0 Å². The molecule has 1 rings (SSSR count). The van der Waals surface area contributed by atoms with Crippen molar-refractivity contribution in [2.45, 2.75) is 26.2 Å². The van der Waals surface area contributed by atoms with E-state index in [2.05, 4.69) is 12.2 Å². The molecule has 17 heavy (non-hydrogen) atoms. The van der Waals surface area contributed by atoms with Gasteiger partial charge in [0, 0.05) is 25.1 Å². The predicted molar refractivity (Wildman–Crippen MR) is 64.5 cm³/mol.